The minimum atomic E-state index is -0.614. The van der Waals surface area contributed by atoms with Crippen LogP contribution in [0.15, 0.2) is 24.3 Å². The molecule has 1 rings (SSSR count). The van der Waals surface area contributed by atoms with Gasteiger partial charge in [-0.15, -0.1) is 0 Å². The van der Waals surface area contributed by atoms with Crippen LogP contribution >= 0.6 is 0 Å². The fourth-order valence-electron chi connectivity index (χ4n) is 1.34. The molecule has 5 heteroatoms. The van der Waals surface area contributed by atoms with Crippen molar-refractivity contribution in [3.05, 3.63) is 24.3 Å². The molecule has 93 valence electrons. The summed E-state index contributed by atoms with van der Waals surface area (Å²) in [4.78, 5) is 11.6. The third kappa shape index (κ3) is 4.84. The van der Waals surface area contributed by atoms with Crippen molar-refractivity contribution in [1.29, 1.82) is 0 Å². The largest absolute Gasteiger partial charge is 0.425 e. The highest BCUT2D eigenvalue weighted by Crippen LogP contribution is 2.15. The van der Waals surface area contributed by atoms with E-state index in [2.05, 4.69) is 0 Å². The number of carbonyl (C=O) groups is 1. The molecule has 0 heterocycles. The lowest BCUT2D eigenvalue weighted by molar-refractivity contribution is -0.136. The smallest absolute Gasteiger partial charge is 0.328 e. The van der Waals surface area contributed by atoms with E-state index in [0.29, 0.717) is 24.4 Å². The van der Waals surface area contributed by atoms with Crippen LogP contribution < -0.4 is 21.9 Å². The van der Waals surface area contributed by atoms with Crippen molar-refractivity contribution >= 4 is 11.7 Å². The van der Waals surface area contributed by atoms with Gasteiger partial charge in [0.25, 0.3) is 0 Å². The van der Waals surface area contributed by atoms with Crippen molar-refractivity contribution in [2.24, 2.45) is 11.5 Å². The van der Waals surface area contributed by atoms with Crippen LogP contribution in [0.2, 0.25) is 0 Å². The fraction of sp³-hybridized carbons (Fsp3) is 0.417. The Kier molecular flexibility index (Phi) is 5.45. The fourth-order valence-corrected chi connectivity index (χ4v) is 1.34. The number of carbonyl (C=O) groups excluding carboxylic acids is 1. The molecule has 0 saturated carbocycles. The van der Waals surface area contributed by atoms with Gasteiger partial charge in [-0.3, -0.25) is 0 Å². The lowest BCUT2D eigenvalue weighted by Crippen LogP contribution is -2.34. The van der Waals surface area contributed by atoms with E-state index in [1.807, 2.05) is 0 Å². The van der Waals surface area contributed by atoms with Gasteiger partial charge in [0.15, 0.2) is 0 Å². The Balaban J connectivity index is 2.40. The van der Waals surface area contributed by atoms with Gasteiger partial charge < -0.3 is 21.9 Å². The first-order valence-electron chi connectivity index (χ1n) is 5.62. The average Bonchev–Trinajstić information content (AvgIpc) is 2.32. The molecule has 0 aliphatic carbocycles. The highest BCUT2D eigenvalue weighted by Gasteiger charge is 2.15. The standard InChI is InChI=1S/C12H18N3O2/c13-8-2-1-3-11(15)12(16)17-10-6-4-9(14)5-7-10/h4-7,11,14H,1-3,8,13,15H2/t11-/m0/s1. The van der Waals surface area contributed by atoms with Gasteiger partial charge in [0.1, 0.15) is 11.8 Å². The molecule has 17 heavy (non-hydrogen) atoms. The van der Waals surface area contributed by atoms with Crippen LogP contribution in [0, 0.1) is 0 Å². The molecule has 0 aromatic heterocycles. The average molecular weight is 236 g/mol. The first-order chi connectivity index (χ1) is 8.13. The Labute approximate surface area is 101 Å². The maximum absolute atomic E-state index is 11.6. The molecule has 1 aromatic rings. The number of hydrogen-bond donors (Lipinski definition) is 2. The molecule has 1 atom stereocenters. The summed E-state index contributed by atoms with van der Waals surface area (Å²) in [7, 11) is 0. The van der Waals surface area contributed by atoms with Crippen molar-refractivity contribution in [2.45, 2.75) is 25.3 Å². The predicted octanol–water partition coefficient (Wildman–Crippen LogP) is 0.963. The molecule has 0 aliphatic heterocycles. The van der Waals surface area contributed by atoms with Crippen LogP contribution in [0.1, 0.15) is 19.3 Å². The second-order valence-electron chi connectivity index (χ2n) is 3.84. The van der Waals surface area contributed by atoms with Crippen LogP contribution in [0.5, 0.6) is 5.75 Å². The molecule has 1 aromatic carbocycles. The van der Waals surface area contributed by atoms with Gasteiger partial charge in [-0.25, -0.2) is 4.79 Å². The van der Waals surface area contributed by atoms with Gasteiger partial charge in [0.2, 0.25) is 0 Å². The van der Waals surface area contributed by atoms with Crippen LogP contribution in [0.4, 0.5) is 5.69 Å². The molecule has 5 nitrogen and oxygen atoms in total. The summed E-state index contributed by atoms with van der Waals surface area (Å²) in [5, 5.41) is 0. The van der Waals surface area contributed by atoms with E-state index in [1.54, 1.807) is 24.3 Å². The summed E-state index contributed by atoms with van der Waals surface area (Å²) in [6.07, 6.45) is 2.25. The first kappa shape index (κ1) is 13.5. The van der Waals surface area contributed by atoms with Gasteiger partial charge >= 0.3 is 5.97 Å². The Morgan fingerprint density at radius 1 is 1.29 bits per heavy atom. The SMILES string of the molecule is [NH]c1ccc(OC(=O)[C@@H](N)CCCCN)cc1. The minimum Gasteiger partial charge on any atom is -0.425 e. The molecule has 0 bridgehead atoms. The van der Waals surface area contributed by atoms with Gasteiger partial charge in [0, 0.05) is 0 Å². The van der Waals surface area contributed by atoms with Crippen LogP contribution in [0.3, 0.4) is 0 Å². The normalized spacial score (nSPS) is 12.1. The Bertz CT molecular complexity index is 351. The van der Waals surface area contributed by atoms with Crippen LogP contribution in [-0.2, 0) is 4.79 Å². The lowest BCUT2D eigenvalue weighted by atomic mass is 10.1. The summed E-state index contributed by atoms with van der Waals surface area (Å²) in [6, 6.07) is 5.65. The van der Waals surface area contributed by atoms with E-state index < -0.39 is 12.0 Å². The topological polar surface area (TPSA) is 102 Å². The van der Waals surface area contributed by atoms with Crippen LogP contribution in [0.25, 0.3) is 0 Å². The van der Waals surface area contributed by atoms with E-state index in [1.165, 1.54) is 0 Å². The summed E-state index contributed by atoms with van der Waals surface area (Å²) in [6.45, 7) is 0.604. The van der Waals surface area contributed by atoms with Crippen molar-refractivity contribution < 1.29 is 9.53 Å². The van der Waals surface area contributed by atoms with E-state index >= 15 is 0 Å². The summed E-state index contributed by atoms with van der Waals surface area (Å²) in [5.41, 5.74) is 18.7. The molecule has 0 saturated heterocycles. The number of nitrogens with two attached hydrogens (primary N) is 2. The monoisotopic (exact) mass is 236 g/mol. The van der Waals surface area contributed by atoms with Gasteiger partial charge in [0.05, 0.1) is 5.69 Å². The number of nitrogens with one attached hydrogen (secondary N) is 1. The summed E-state index contributed by atoms with van der Waals surface area (Å²) in [5.74, 6) is -0.0278. The number of esters is 1. The third-order valence-corrected chi connectivity index (χ3v) is 2.34. The van der Waals surface area contributed by atoms with Crippen molar-refractivity contribution in [2.75, 3.05) is 6.54 Å². The number of hydrogen-bond acceptors (Lipinski definition) is 4. The van der Waals surface area contributed by atoms with Crippen molar-refractivity contribution in [1.82, 2.24) is 5.73 Å². The van der Waals surface area contributed by atoms with Gasteiger partial charge in [-0.2, -0.15) is 0 Å². The maximum atomic E-state index is 11.6. The number of ether oxygens (including phenoxy) is 1. The molecular formula is C12H18N3O2. The zero-order valence-electron chi connectivity index (χ0n) is 9.69. The Morgan fingerprint density at radius 2 is 1.94 bits per heavy atom. The van der Waals surface area contributed by atoms with Gasteiger partial charge in [-0.1, -0.05) is 6.42 Å². The highest BCUT2D eigenvalue weighted by atomic mass is 16.5. The lowest BCUT2D eigenvalue weighted by Gasteiger charge is -2.10. The van der Waals surface area contributed by atoms with Crippen molar-refractivity contribution in [3.63, 3.8) is 0 Å². The molecule has 5 N–H and O–H groups in total. The molecule has 0 spiro atoms. The van der Waals surface area contributed by atoms with Crippen molar-refractivity contribution in [3.8, 4) is 5.75 Å². The zero-order valence-corrected chi connectivity index (χ0v) is 9.69. The number of unbranched alkanes of at least 4 members (excludes halogenated alkanes) is 1. The predicted molar refractivity (Wildman–Crippen MR) is 65.7 cm³/mol. The first-order valence-corrected chi connectivity index (χ1v) is 5.62. The quantitative estimate of drug-likeness (QED) is 0.436. The maximum Gasteiger partial charge on any atom is 0.328 e. The molecule has 0 unspecified atom stereocenters. The summed E-state index contributed by atoms with van der Waals surface area (Å²) < 4.78 is 5.08. The third-order valence-electron chi connectivity index (χ3n) is 2.34. The Morgan fingerprint density at radius 3 is 2.53 bits per heavy atom. The minimum absolute atomic E-state index is 0.372. The van der Waals surface area contributed by atoms with E-state index in [9.17, 15) is 4.79 Å². The highest BCUT2D eigenvalue weighted by molar-refractivity contribution is 5.77. The Hall–Kier alpha value is -1.59. The van der Waals surface area contributed by atoms with Crippen LogP contribution in [-0.4, -0.2) is 18.6 Å². The number of benzene rings is 1. The molecule has 0 fully saturated rings. The summed E-state index contributed by atoms with van der Waals surface area (Å²) >= 11 is 0. The van der Waals surface area contributed by atoms with E-state index in [0.717, 1.165) is 12.8 Å². The molecule has 1 radical (unpaired) electrons. The molecule has 0 aliphatic rings. The zero-order chi connectivity index (χ0) is 12.7. The second-order valence-corrected chi connectivity index (χ2v) is 3.84. The second kappa shape index (κ2) is 6.88. The molecular weight excluding hydrogens is 218 g/mol. The molecule has 0 amide bonds. The van der Waals surface area contributed by atoms with E-state index in [-0.39, 0.29) is 0 Å². The van der Waals surface area contributed by atoms with Gasteiger partial charge in [-0.05, 0) is 43.7 Å². The number of rotatable bonds is 6. The van der Waals surface area contributed by atoms with E-state index in [4.69, 9.17) is 21.9 Å².